The number of non-ortho nitro benzene ring substituents is 1. The number of hydrogen-bond donors (Lipinski definition) is 2. The van der Waals surface area contributed by atoms with Gasteiger partial charge in [-0.25, -0.2) is 4.79 Å². The number of carboxylic acid groups (broad SMARTS) is 1. The smallest absolute Gasteiger partial charge is 0.336 e. The van der Waals surface area contributed by atoms with E-state index < -0.39 is 10.9 Å². The van der Waals surface area contributed by atoms with Crippen LogP contribution >= 0.6 is 0 Å². The maximum Gasteiger partial charge on any atom is 0.336 e. The van der Waals surface area contributed by atoms with Crippen LogP contribution in [-0.2, 0) is 0 Å². The van der Waals surface area contributed by atoms with Gasteiger partial charge in [-0.15, -0.1) is 0 Å². The highest BCUT2D eigenvalue weighted by Gasteiger charge is 2.13. The summed E-state index contributed by atoms with van der Waals surface area (Å²) in [5.74, 6) is -1.10. The molecule has 0 amide bonds. The molecule has 96 valence electrons. The number of nitrogens with one attached hydrogen (secondary N) is 1. The van der Waals surface area contributed by atoms with Crippen LogP contribution < -0.4 is 5.32 Å². The first kappa shape index (κ1) is 13.9. The van der Waals surface area contributed by atoms with E-state index in [-0.39, 0.29) is 11.3 Å². The number of nitro benzene ring substituents is 1. The number of rotatable bonds is 6. The highest BCUT2D eigenvalue weighted by molar-refractivity contribution is 5.92. The van der Waals surface area contributed by atoms with E-state index in [4.69, 9.17) is 5.11 Å². The lowest BCUT2D eigenvalue weighted by Gasteiger charge is -2.01. The third kappa shape index (κ3) is 3.67. The van der Waals surface area contributed by atoms with E-state index in [2.05, 4.69) is 5.32 Å². The molecule has 18 heavy (non-hydrogen) atoms. The van der Waals surface area contributed by atoms with Gasteiger partial charge in [-0.3, -0.25) is 10.1 Å². The molecular weight excluding hydrogens is 236 g/mol. The molecule has 0 saturated heterocycles. The van der Waals surface area contributed by atoms with Crippen molar-refractivity contribution in [2.45, 2.75) is 6.42 Å². The van der Waals surface area contributed by atoms with Crippen molar-refractivity contribution in [2.75, 3.05) is 13.6 Å². The Balaban J connectivity index is 3.03. The monoisotopic (exact) mass is 250 g/mol. The second kappa shape index (κ2) is 6.51. The maximum atomic E-state index is 11.0. The van der Waals surface area contributed by atoms with Crippen molar-refractivity contribution in [3.8, 4) is 0 Å². The third-order valence-electron chi connectivity index (χ3n) is 2.33. The zero-order valence-electron chi connectivity index (χ0n) is 9.92. The van der Waals surface area contributed by atoms with E-state index in [1.165, 1.54) is 18.2 Å². The van der Waals surface area contributed by atoms with Crippen molar-refractivity contribution >= 4 is 17.7 Å². The maximum absolute atomic E-state index is 11.0. The largest absolute Gasteiger partial charge is 0.478 e. The highest BCUT2D eigenvalue weighted by Crippen LogP contribution is 2.19. The lowest BCUT2D eigenvalue weighted by Crippen LogP contribution is -2.05. The SMILES string of the molecule is CNCCC=Cc1cc([N+](=O)[O-])ccc1C(=O)O. The van der Waals surface area contributed by atoms with Gasteiger partial charge in [-0.2, -0.15) is 0 Å². The van der Waals surface area contributed by atoms with Crippen LogP contribution in [0.25, 0.3) is 6.08 Å². The molecule has 0 fully saturated rings. The van der Waals surface area contributed by atoms with Crippen molar-refractivity contribution in [3.63, 3.8) is 0 Å². The van der Waals surface area contributed by atoms with Crippen LogP contribution in [0.1, 0.15) is 22.3 Å². The highest BCUT2D eigenvalue weighted by atomic mass is 16.6. The molecule has 6 heteroatoms. The summed E-state index contributed by atoms with van der Waals surface area (Å²) in [6, 6.07) is 3.70. The molecule has 1 rings (SSSR count). The van der Waals surface area contributed by atoms with Crippen molar-refractivity contribution in [2.24, 2.45) is 0 Å². The van der Waals surface area contributed by atoms with Crippen LogP contribution in [0.15, 0.2) is 24.3 Å². The molecule has 0 bridgehead atoms. The average molecular weight is 250 g/mol. The Morgan fingerprint density at radius 3 is 2.83 bits per heavy atom. The van der Waals surface area contributed by atoms with E-state index in [0.29, 0.717) is 5.56 Å². The number of aromatic carboxylic acids is 1. The molecule has 0 saturated carbocycles. The summed E-state index contributed by atoms with van der Waals surface area (Å²) >= 11 is 0. The first-order chi connectivity index (χ1) is 8.56. The van der Waals surface area contributed by atoms with Gasteiger partial charge >= 0.3 is 5.97 Å². The van der Waals surface area contributed by atoms with E-state index in [1.54, 1.807) is 12.2 Å². The molecule has 0 unspecified atom stereocenters. The molecular formula is C12H14N2O4. The predicted octanol–water partition coefficient (Wildman–Crippen LogP) is 1.92. The first-order valence-electron chi connectivity index (χ1n) is 5.39. The summed E-state index contributed by atoms with van der Waals surface area (Å²) in [6.07, 6.45) is 4.09. The summed E-state index contributed by atoms with van der Waals surface area (Å²) in [6.45, 7) is 0.758. The summed E-state index contributed by atoms with van der Waals surface area (Å²) < 4.78 is 0. The summed E-state index contributed by atoms with van der Waals surface area (Å²) in [4.78, 5) is 21.1. The van der Waals surface area contributed by atoms with Crippen molar-refractivity contribution in [3.05, 3.63) is 45.5 Å². The van der Waals surface area contributed by atoms with Gasteiger partial charge < -0.3 is 10.4 Å². The molecule has 0 heterocycles. The molecule has 0 spiro atoms. The van der Waals surface area contributed by atoms with Crippen LogP contribution in [0.4, 0.5) is 5.69 Å². The Bertz CT molecular complexity index is 483. The Hall–Kier alpha value is -2.21. The molecule has 1 aromatic carbocycles. The Labute approximate surface area is 104 Å². The molecule has 0 aliphatic heterocycles. The molecule has 1 aromatic rings. The molecule has 0 atom stereocenters. The van der Waals surface area contributed by atoms with E-state index in [0.717, 1.165) is 13.0 Å². The Morgan fingerprint density at radius 2 is 2.28 bits per heavy atom. The van der Waals surface area contributed by atoms with E-state index in [9.17, 15) is 14.9 Å². The summed E-state index contributed by atoms with van der Waals surface area (Å²) in [5, 5.41) is 22.6. The second-order valence-electron chi connectivity index (χ2n) is 3.63. The van der Waals surface area contributed by atoms with Crippen LogP contribution in [0.5, 0.6) is 0 Å². The van der Waals surface area contributed by atoms with Crippen molar-refractivity contribution in [1.82, 2.24) is 5.32 Å². The van der Waals surface area contributed by atoms with Gasteiger partial charge in [-0.05, 0) is 31.6 Å². The number of carbonyl (C=O) groups is 1. The van der Waals surface area contributed by atoms with Crippen LogP contribution in [-0.4, -0.2) is 29.6 Å². The fraction of sp³-hybridized carbons (Fsp3) is 0.250. The minimum absolute atomic E-state index is 0.0568. The zero-order chi connectivity index (χ0) is 13.5. The van der Waals surface area contributed by atoms with Crippen LogP contribution in [0.2, 0.25) is 0 Å². The molecule has 0 radical (unpaired) electrons. The van der Waals surface area contributed by atoms with Crippen LogP contribution in [0, 0.1) is 10.1 Å². The topological polar surface area (TPSA) is 92.5 Å². The average Bonchev–Trinajstić information content (AvgIpc) is 2.34. The lowest BCUT2D eigenvalue weighted by atomic mass is 10.1. The van der Waals surface area contributed by atoms with E-state index >= 15 is 0 Å². The third-order valence-corrected chi connectivity index (χ3v) is 2.33. The number of benzene rings is 1. The molecule has 0 aromatic heterocycles. The fourth-order valence-corrected chi connectivity index (χ4v) is 1.43. The first-order valence-corrected chi connectivity index (χ1v) is 5.39. The Kier molecular flexibility index (Phi) is 5.01. The van der Waals surface area contributed by atoms with Crippen molar-refractivity contribution in [1.29, 1.82) is 0 Å². The number of nitro groups is 1. The molecule has 0 aliphatic rings. The van der Waals surface area contributed by atoms with Crippen molar-refractivity contribution < 1.29 is 14.8 Å². The number of hydrogen-bond acceptors (Lipinski definition) is 4. The van der Waals surface area contributed by atoms with Gasteiger partial charge in [0, 0.05) is 12.1 Å². The standard InChI is InChI=1S/C12H14N2O4/c1-13-7-3-2-4-9-8-10(14(17)18)5-6-11(9)12(15)16/h2,4-6,8,13H,3,7H2,1H3,(H,15,16). The second-order valence-corrected chi connectivity index (χ2v) is 3.63. The van der Waals surface area contributed by atoms with E-state index in [1.807, 2.05) is 7.05 Å². The van der Waals surface area contributed by atoms with Gasteiger partial charge in [0.1, 0.15) is 0 Å². The minimum atomic E-state index is -1.10. The fourth-order valence-electron chi connectivity index (χ4n) is 1.43. The Morgan fingerprint density at radius 1 is 1.56 bits per heavy atom. The lowest BCUT2D eigenvalue weighted by molar-refractivity contribution is -0.384. The van der Waals surface area contributed by atoms with Gasteiger partial charge in [0.05, 0.1) is 10.5 Å². The zero-order valence-corrected chi connectivity index (χ0v) is 9.92. The molecule has 6 nitrogen and oxygen atoms in total. The normalized spacial score (nSPS) is 10.7. The molecule has 0 aliphatic carbocycles. The van der Waals surface area contributed by atoms with Gasteiger partial charge in [-0.1, -0.05) is 12.2 Å². The van der Waals surface area contributed by atoms with Gasteiger partial charge in [0.15, 0.2) is 0 Å². The number of nitrogens with zero attached hydrogens (tertiary/aromatic N) is 1. The van der Waals surface area contributed by atoms with Gasteiger partial charge in [0.25, 0.3) is 5.69 Å². The molecule has 2 N–H and O–H groups in total. The number of carboxylic acids is 1. The quantitative estimate of drug-likeness (QED) is 0.457. The predicted molar refractivity (Wildman–Crippen MR) is 67.6 cm³/mol. The summed E-state index contributed by atoms with van der Waals surface area (Å²) in [5.41, 5.74) is 0.280. The van der Waals surface area contributed by atoms with Gasteiger partial charge in [0.2, 0.25) is 0 Å². The summed E-state index contributed by atoms with van der Waals surface area (Å²) in [7, 11) is 1.81. The van der Waals surface area contributed by atoms with Crippen LogP contribution in [0.3, 0.4) is 0 Å². The minimum Gasteiger partial charge on any atom is -0.478 e.